The monoisotopic (exact) mass is 566 g/mol. The molecule has 0 aliphatic heterocycles. The highest BCUT2D eigenvalue weighted by Gasteiger charge is 2.09. The van der Waals surface area contributed by atoms with E-state index in [0.717, 1.165) is 44.5 Å². The van der Waals surface area contributed by atoms with Gasteiger partial charge in [-0.25, -0.2) is 0 Å². The van der Waals surface area contributed by atoms with Gasteiger partial charge in [-0.2, -0.15) is 0 Å². The Bertz CT molecular complexity index is 1710. The second-order valence-electron chi connectivity index (χ2n) is 10.9. The number of benzene rings is 5. The molecular weight excluding hydrogens is 528 g/mol. The summed E-state index contributed by atoms with van der Waals surface area (Å²) in [4.78, 5) is 0. The Morgan fingerprint density at radius 1 is 0.364 bits per heavy atom. The minimum Gasteiger partial charge on any atom is -0.0911 e. The third-order valence-corrected chi connectivity index (χ3v) is 7.68. The first-order valence-corrected chi connectivity index (χ1v) is 15.0. The molecule has 0 nitrogen and oxygen atoms in total. The zero-order valence-corrected chi connectivity index (χ0v) is 25.6. The van der Waals surface area contributed by atoms with Crippen LogP contribution >= 0.6 is 0 Å². The molecule has 0 amide bonds. The molecule has 5 aromatic carbocycles. The van der Waals surface area contributed by atoms with Gasteiger partial charge in [0.05, 0.1) is 0 Å². The first kappa shape index (κ1) is 30.0. The lowest BCUT2D eigenvalue weighted by Crippen LogP contribution is -1.91. The highest BCUT2D eigenvalue weighted by molar-refractivity contribution is 5.94. The summed E-state index contributed by atoms with van der Waals surface area (Å²) in [7, 11) is 0. The molecule has 0 aliphatic carbocycles. The topological polar surface area (TPSA) is 0 Å². The second kappa shape index (κ2) is 14.6. The van der Waals surface area contributed by atoms with E-state index in [1.54, 1.807) is 0 Å². The maximum atomic E-state index is 4.44. The summed E-state index contributed by atoms with van der Waals surface area (Å²) in [6.07, 6.45) is 8.91. The second-order valence-corrected chi connectivity index (χ2v) is 10.9. The Kier molecular flexibility index (Phi) is 9.98. The van der Waals surface area contributed by atoms with Gasteiger partial charge in [0, 0.05) is 0 Å². The molecule has 0 aromatic heterocycles. The lowest BCUT2D eigenvalue weighted by Gasteiger charge is -2.13. The molecule has 0 aliphatic rings. The average molecular weight is 567 g/mol. The smallest absolute Gasteiger partial charge is 0.0175 e. The predicted octanol–water partition coefficient (Wildman–Crippen LogP) is 12.1. The van der Waals surface area contributed by atoms with E-state index in [1.165, 1.54) is 22.3 Å². The van der Waals surface area contributed by atoms with Crippen molar-refractivity contribution in [2.75, 3.05) is 0 Å². The van der Waals surface area contributed by atoms with Crippen LogP contribution in [0.1, 0.15) is 47.2 Å². The van der Waals surface area contributed by atoms with Crippen LogP contribution < -0.4 is 0 Å². The fraction of sp³-hybridized carbons (Fsp3) is 0.0455. The SMILES string of the molecule is C=C(/C=C(\C=C(/C)c1ccccc1)c1cccc(C(/C=C(\C)c2ccccc2)=C/C(=C)c2ccccc2)c1)c1ccccc1. The van der Waals surface area contributed by atoms with Crippen LogP contribution in [-0.2, 0) is 0 Å². The molecule has 0 spiro atoms. The first-order valence-electron chi connectivity index (χ1n) is 15.0. The summed E-state index contributed by atoms with van der Waals surface area (Å²) < 4.78 is 0. The van der Waals surface area contributed by atoms with Crippen molar-refractivity contribution >= 4 is 33.4 Å². The number of rotatable bonds is 10. The summed E-state index contributed by atoms with van der Waals surface area (Å²) in [6.45, 7) is 13.2. The molecular formula is C44H38. The van der Waals surface area contributed by atoms with Gasteiger partial charge in [-0.05, 0) is 98.9 Å². The molecule has 0 atom stereocenters. The highest BCUT2D eigenvalue weighted by Crippen LogP contribution is 2.31. The van der Waals surface area contributed by atoms with Crippen molar-refractivity contribution < 1.29 is 0 Å². The van der Waals surface area contributed by atoms with Crippen LogP contribution in [0.3, 0.4) is 0 Å². The van der Waals surface area contributed by atoms with Crippen LogP contribution in [0.15, 0.2) is 183 Å². The van der Waals surface area contributed by atoms with Crippen LogP contribution in [0.4, 0.5) is 0 Å². The molecule has 0 unspecified atom stereocenters. The van der Waals surface area contributed by atoms with Crippen molar-refractivity contribution in [1.82, 2.24) is 0 Å². The van der Waals surface area contributed by atoms with Crippen LogP contribution in [0, 0.1) is 0 Å². The van der Waals surface area contributed by atoms with E-state index in [4.69, 9.17) is 0 Å². The molecule has 0 heteroatoms. The largest absolute Gasteiger partial charge is 0.0911 e. The molecule has 0 heterocycles. The van der Waals surface area contributed by atoms with Crippen LogP contribution in [0.2, 0.25) is 0 Å². The lowest BCUT2D eigenvalue weighted by molar-refractivity contribution is 1.53. The van der Waals surface area contributed by atoms with Gasteiger partial charge in [-0.3, -0.25) is 0 Å². The van der Waals surface area contributed by atoms with Crippen molar-refractivity contribution in [1.29, 1.82) is 0 Å². The molecule has 5 rings (SSSR count). The standard InChI is InChI=1S/C44H38/c1-33(37-18-9-5-10-19-37)28-43(29-34(2)38-20-11-6-12-21-38)41-26-17-27-42(32-41)44(30-35(3)39-22-13-7-14-23-39)31-36(4)40-24-15-8-16-25-40/h5-32H,1,3H2,2,4H3/b34-29+,36-31+,43-28+,44-30+. The van der Waals surface area contributed by atoms with Gasteiger partial charge in [-0.1, -0.05) is 165 Å². The summed E-state index contributed by atoms with van der Waals surface area (Å²) in [5, 5.41) is 0. The quantitative estimate of drug-likeness (QED) is 0.148. The fourth-order valence-corrected chi connectivity index (χ4v) is 5.18. The van der Waals surface area contributed by atoms with Crippen LogP contribution in [-0.4, -0.2) is 0 Å². The summed E-state index contributed by atoms with van der Waals surface area (Å²) >= 11 is 0. The van der Waals surface area contributed by atoms with Crippen molar-refractivity contribution in [3.63, 3.8) is 0 Å². The Balaban J connectivity index is 1.63. The van der Waals surface area contributed by atoms with Crippen molar-refractivity contribution in [2.45, 2.75) is 13.8 Å². The van der Waals surface area contributed by atoms with Crippen LogP contribution in [0.25, 0.3) is 33.4 Å². The van der Waals surface area contributed by atoms with E-state index in [0.29, 0.717) is 0 Å². The van der Waals surface area contributed by atoms with E-state index >= 15 is 0 Å². The fourth-order valence-electron chi connectivity index (χ4n) is 5.18. The Hall–Kier alpha value is -5.46. The van der Waals surface area contributed by atoms with E-state index in [9.17, 15) is 0 Å². The predicted molar refractivity (Wildman–Crippen MR) is 194 cm³/mol. The molecule has 0 saturated heterocycles. The van der Waals surface area contributed by atoms with Gasteiger partial charge in [0.15, 0.2) is 0 Å². The first-order chi connectivity index (χ1) is 21.5. The van der Waals surface area contributed by atoms with Gasteiger partial charge in [-0.15, -0.1) is 0 Å². The molecule has 44 heavy (non-hydrogen) atoms. The van der Waals surface area contributed by atoms with Crippen molar-refractivity contribution in [3.8, 4) is 0 Å². The van der Waals surface area contributed by atoms with E-state index in [-0.39, 0.29) is 0 Å². The van der Waals surface area contributed by atoms with E-state index in [2.05, 4.69) is 185 Å². The number of hydrogen-bond acceptors (Lipinski definition) is 0. The van der Waals surface area contributed by atoms with Crippen LogP contribution in [0.5, 0.6) is 0 Å². The van der Waals surface area contributed by atoms with Gasteiger partial charge in [0.2, 0.25) is 0 Å². The molecule has 0 saturated carbocycles. The zero-order valence-electron chi connectivity index (χ0n) is 25.6. The van der Waals surface area contributed by atoms with E-state index in [1.807, 2.05) is 12.1 Å². The van der Waals surface area contributed by atoms with E-state index < -0.39 is 0 Å². The maximum Gasteiger partial charge on any atom is -0.0175 e. The average Bonchev–Trinajstić information content (AvgIpc) is 3.09. The maximum absolute atomic E-state index is 4.44. The Morgan fingerprint density at radius 3 is 1.00 bits per heavy atom. The number of hydrogen-bond donors (Lipinski definition) is 0. The number of allylic oxidation sites excluding steroid dienone is 10. The molecule has 5 aromatic rings. The van der Waals surface area contributed by atoms with Gasteiger partial charge in [0.25, 0.3) is 0 Å². The molecule has 0 bridgehead atoms. The summed E-state index contributed by atoms with van der Waals surface area (Å²) in [5.74, 6) is 0. The van der Waals surface area contributed by atoms with Crippen molar-refractivity contribution in [2.24, 2.45) is 0 Å². The normalized spacial score (nSPS) is 12.6. The highest BCUT2D eigenvalue weighted by atomic mass is 14.1. The summed E-state index contributed by atoms with van der Waals surface area (Å²) in [5.41, 5.74) is 13.4. The molecule has 0 N–H and O–H groups in total. The Morgan fingerprint density at radius 2 is 0.659 bits per heavy atom. The van der Waals surface area contributed by atoms with Gasteiger partial charge < -0.3 is 0 Å². The van der Waals surface area contributed by atoms with Gasteiger partial charge >= 0.3 is 0 Å². The summed E-state index contributed by atoms with van der Waals surface area (Å²) in [6, 6.07) is 50.5. The molecule has 0 radical (unpaired) electrons. The lowest BCUT2D eigenvalue weighted by atomic mass is 9.92. The zero-order chi connectivity index (χ0) is 30.7. The minimum absolute atomic E-state index is 0.969. The minimum atomic E-state index is 0.969. The molecule has 0 fully saturated rings. The Labute approximate surface area is 263 Å². The third-order valence-electron chi connectivity index (χ3n) is 7.68. The van der Waals surface area contributed by atoms with Crippen molar-refractivity contribution in [3.05, 3.63) is 216 Å². The third kappa shape index (κ3) is 7.88. The van der Waals surface area contributed by atoms with Gasteiger partial charge in [0.1, 0.15) is 0 Å². The molecule has 214 valence electrons.